The summed E-state index contributed by atoms with van der Waals surface area (Å²) in [5.41, 5.74) is 0.666. The van der Waals surface area contributed by atoms with Crippen molar-refractivity contribution in [3.63, 3.8) is 0 Å². The van der Waals surface area contributed by atoms with Crippen molar-refractivity contribution in [3.05, 3.63) is 57.5 Å². The van der Waals surface area contributed by atoms with E-state index in [0.717, 1.165) is 48.1 Å². The third kappa shape index (κ3) is 5.63. The molecule has 0 radical (unpaired) electrons. The monoisotopic (exact) mass is 574 g/mol. The second-order valence-corrected chi connectivity index (χ2v) is 14.0. The van der Waals surface area contributed by atoms with Gasteiger partial charge in [0, 0.05) is 42.1 Å². The maximum Gasteiger partial charge on any atom is 0.244 e. The lowest BCUT2D eigenvalue weighted by Crippen LogP contribution is -2.58. The zero-order valence-corrected chi connectivity index (χ0v) is 24.5. The molecule has 0 spiro atoms. The fourth-order valence-electron chi connectivity index (χ4n) is 5.72. The fourth-order valence-corrected chi connectivity index (χ4v) is 8.12. The molecular formula is C28H35ClN4O3S2. The van der Waals surface area contributed by atoms with Crippen molar-refractivity contribution >= 4 is 49.6 Å². The minimum Gasteiger partial charge on any atom is -0.338 e. The molecule has 10 heteroatoms. The molecule has 1 amide bonds. The number of halogens is 1. The molecule has 2 fully saturated rings. The van der Waals surface area contributed by atoms with Gasteiger partial charge in [-0.05, 0) is 81.5 Å². The van der Waals surface area contributed by atoms with Crippen LogP contribution < -0.4 is 0 Å². The Morgan fingerprint density at radius 2 is 1.79 bits per heavy atom. The maximum atomic E-state index is 14.2. The maximum absolute atomic E-state index is 14.2. The summed E-state index contributed by atoms with van der Waals surface area (Å²) in [6.07, 6.45) is 3.12. The number of hydrogen-bond acceptors (Lipinski definition) is 6. The van der Waals surface area contributed by atoms with Crippen LogP contribution in [0, 0.1) is 6.92 Å². The zero-order chi connectivity index (χ0) is 27.0. The third-order valence-corrected chi connectivity index (χ3v) is 10.7. The molecule has 1 atom stereocenters. The molecule has 0 saturated carbocycles. The van der Waals surface area contributed by atoms with E-state index in [1.54, 1.807) is 24.3 Å². The molecule has 0 bridgehead atoms. The fraction of sp³-hybridized carbons (Fsp3) is 0.500. The van der Waals surface area contributed by atoms with E-state index in [9.17, 15) is 13.2 Å². The molecule has 3 aromatic rings. The summed E-state index contributed by atoms with van der Waals surface area (Å²) in [5, 5.41) is 5.00. The first-order valence-electron chi connectivity index (χ1n) is 13.3. The second-order valence-electron chi connectivity index (χ2n) is 10.6. The number of sulfonamides is 1. The Morgan fingerprint density at radius 1 is 1.08 bits per heavy atom. The van der Waals surface area contributed by atoms with E-state index >= 15 is 0 Å². The van der Waals surface area contributed by atoms with Crippen LogP contribution in [0.4, 0.5) is 0 Å². The van der Waals surface area contributed by atoms with Crippen LogP contribution in [0.5, 0.6) is 0 Å². The quantitative estimate of drug-likeness (QED) is 0.382. The summed E-state index contributed by atoms with van der Waals surface area (Å²) in [5.74, 6) is -0.0812. The summed E-state index contributed by atoms with van der Waals surface area (Å²) in [6, 6.07) is 10.3. The topological polar surface area (TPSA) is 73.8 Å². The van der Waals surface area contributed by atoms with E-state index in [-0.39, 0.29) is 23.4 Å². The number of nitrogens with zero attached hydrogens (tertiary/aromatic N) is 4. The Morgan fingerprint density at radius 3 is 2.47 bits per heavy atom. The van der Waals surface area contributed by atoms with Crippen LogP contribution in [0.25, 0.3) is 10.8 Å². The summed E-state index contributed by atoms with van der Waals surface area (Å²) >= 11 is 7.62. The van der Waals surface area contributed by atoms with Gasteiger partial charge in [-0.1, -0.05) is 23.7 Å². The Balaban J connectivity index is 1.46. The number of hydrogen-bond donors (Lipinski definition) is 0. The van der Waals surface area contributed by atoms with Crippen molar-refractivity contribution in [2.45, 2.75) is 76.0 Å². The first kappa shape index (κ1) is 27.5. The molecule has 1 aromatic heterocycles. The van der Waals surface area contributed by atoms with E-state index in [0.29, 0.717) is 29.7 Å². The first-order chi connectivity index (χ1) is 18.1. The van der Waals surface area contributed by atoms with Crippen LogP contribution in [0.2, 0.25) is 5.02 Å². The van der Waals surface area contributed by atoms with E-state index in [1.165, 1.54) is 15.6 Å². The Bertz CT molecular complexity index is 1420. The number of likely N-dealkylation sites (tertiary alicyclic amines) is 2. The summed E-state index contributed by atoms with van der Waals surface area (Å²) < 4.78 is 29.8. The SMILES string of the molecule is Cc1nc(CN([C@H]2CCCN(C3CCN(C(C)C)CC3)C2=O)S(=O)(=O)c2ccc3cc(Cl)ccc3c2)cs1. The van der Waals surface area contributed by atoms with Crippen LogP contribution >= 0.6 is 22.9 Å². The number of carbonyl (C=O) groups is 1. The average molecular weight is 575 g/mol. The van der Waals surface area contributed by atoms with Gasteiger partial charge in [-0.15, -0.1) is 11.3 Å². The molecule has 0 unspecified atom stereocenters. The van der Waals surface area contributed by atoms with Gasteiger partial charge in [-0.2, -0.15) is 4.31 Å². The highest BCUT2D eigenvalue weighted by molar-refractivity contribution is 7.89. The second kappa shape index (κ2) is 11.2. The standard InChI is InChI=1S/C28H35ClN4O3S2/c1-19(2)31-13-10-25(11-14-31)32-12-4-5-27(28(32)34)33(17-24-18-37-20(3)30-24)38(35,36)26-9-7-21-15-23(29)8-6-22(21)16-26/h6-9,15-16,18-19,25,27H,4-5,10-14,17H2,1-3H3/t27-/m0/s1. The predicted molar refractivity (Wildman–Crippen MR) is 153 cm³/mol. The lowest BCUT2D eigenvalue weighted by atomic mass is 9.96. The third-order valence-electron chi connectivity index (χ3n) is 7.83. The predicted octanol–water partition coefficient (Wildman–Crippen LogP) is 5.31. The average Bonchev–Trinajstić information content (AvgIpc) is 3.32. The van der Waals surface area contributed by atoms with Gasteiger partial charge in [0.05, 0.1) is 22.1 Å². The number of fused-ring (bicyclic) bond motifs is 1. The number of benzene rings is 2. The van der Waals surface area contributed by atoms with Gasteiger partial charge in [0.15, 0.2) is 0 Å². The number of carbonyl (C=O) groups excluding carboxylic acids is 1. The van der Waals surface area contributed by atoms with Crippen LogP contribution in [0.15, 0.2) is 46.7 Å². The highest BCUT2D eigenvalue weighted by atomic mass is 35.5. The van der Waals surface area contributed by atoms with Gasteiger partial charge < -0.3 is 9.80 Å². The largest absolute Gasteiger partial charge is 0.338 e. The molecule has 2 aromatic carbocycles. The normalized spacial score (nSPS) is 20.2. The molecular weight excluding hydrogens is 540 g/mol. The van der Waals surface area contributed by atoms with Gasteiger partial charge >= 0.3 is 0 Å². The van der Waals surface area contributed by atoms with Crippen LogP contribution in [0.1, 0.15) is 50.2 Å². The molecule has 5 rings (SSSR count). The lowest BCUT2D eigenvalue weighted by Gasteiger charge is -2.44. The summed E-state index contributed by atoms with van der Waals surface area (Å²) in [4.78, 5) is 23.1. The highest BCUT2D eigenvalue weighted by Crippen LogP contribution is 2.31. The van der Waals surface area contributed by atoms with Crippen molar-refractivity contribution in [1.82, 2.24) is 19.1 Å². The van der Waals surface area contributed by atoms with Crippen molar-refractivity contribution in [2.75, 3.05) is 19.6 Å². The molecule has 204 valence electrons. The Kier molecular flexibility index (Phi) is 8.12. The molecule has 2 saturated heterocycles. The number of thiazole rings is 1. The Hall–Kier alpha value is -2.04. The van der Waals surface area contributed by atoms with Crippen LogP contribution in [-0.4, -0.2) is 71.2 Å². The summed E-state index contributed by atoms with van der Waals surface area (Å²) in [6.45, 7) is 8.97. The molecule has 2 aliphatic rings. The number of rotatable bonds is 7. The van der Waals surface area contributed by atoms with E-state index in [2.05, 4.69) is 23.7 Å². The minimum absolute atomic E-state index is 0.0708. The Labute approximate surface area is 234 Å². The van der Waals surface area contributed by atoms with Gasteiger partial charge in [0.1, 0.15) is 6.04 Å². The smallest absolute Gasteiger partial charge is 0.244 e. The molecule has 2 aliphatic heterocycles. The minimum atomic E-state index is -3.99. The van der Waals surface area contributed by atoms with Crippen molar-refractivity contribution in [1.29, 1.82) is 0 Å². The van der Waals surface area contributed by atoms with Crippen LogP contribution in [0.3, 0.4) is 0 Å². The van der Waals surface area contributed by atoms with Gasteiger partial charge in [0.2, 0.25) is 15.9 Å². The summed E-state index contributed by atoms with van der Waals surface area (Å²) in [7, 11) is -3.99. The highest BCUT2D eigenvalue weighted by Gasteiger charge is 2.42. The van der Waals surface area contributed by atoms with Crippen molar-refractivity contribution < 1.29 is 13.2 Å². The lowest BCUT2D eigenvalue weighted by molar-refractivity contribution is -0.142. The zero-order valence-electron chi connectivity index (χ0n) is 22.1. The number of amides is 1. The van der Waals surface area contributed by atoms with Gasteiger partial charge in [0.25, 0.3) is 0 Å². The molecule has 7 nitrogen and oxygen atoms in total. The molecule has 3 heterocycles. The first-order valence-corrected chi connectivity index (χ1v) is 16.0. The molecule has 0 aliphatic carbocycles. The number of piperidine rings is 2. The van der Waals surface area contributed by atoms with Crippen molar-refractivity contribution in [2.24, 2.45) is 0 Å². The number of aryl methyl sites for hydroxylation is 1. The van der Waals surface area contributed by atoms with Gasteiger partial charge in [-0.25, -0.2) is 13.4 Å². The van der Waals surface area contributed by atoms with E-state index in [4.69, 9.17) is 11.6 Å². The molecule has 38 heavy (non-hydrogen) atoms. The van der Waals surface area contributed by atoms with Gasteiger partial charge in [-0.3, -0.25) is 4.79 Å². The van der Waals surface area contributed by atoms with E-state index in [1.807, 2.05) is 29.3 Å². The van der Waals surface area contributed by atoms with E-state index < -0.39 is 16.1 Å². The van der Waals surface area contributed by atoms with Crippen molar-refractivity contribution in [3.8, 4) is 0 Å². The number of aromatic nitrogens is 1. The molecule has 0 N–H and O–H groups in total. The van der Waals surface area contributed by atoms with Crippen LogP contribution in [-0.2, 0) is 21.4 Å².